The van der Waals surface area contributed by atoms with Gasteiger partial charge in [0.15, 0.2) is 0 Å². The summed E-state index contributed by atoms with van der Waals surface area (Å²) in [5, 5.41) is 3.44. The summed E-state index contributed by atoms with van der Waals surface area (Å²) in [5.74, 6) is 0.810. The van der Waals surface area contributed by atoms with Gasteiger partial charge in [-0.15, -0.1) is 0 Å². The van der Waals surface area contributed by atoms with Crippen molar-refractivity contribution in [1.29, 1.82) is 0 Å². The molecule has 20 heavy (non-hydrogen) atoms. The zero-order valence-corrected chi connectivity index (χ0v) is 12.8. The van der Waals surface area contributed by atoms with E-state index in [1.165, 1.54) is 0 Å². The number of amides is 1. The van der Waals surface area contributed by atoms with Gasteiger partial charge in [0, 0.05) is 44.4 Å². The summed E-state index contributed by atoms with van der Waals surface area (Å²) in [4.78, 5) is 17.3. The first kappa shape index (κ1) is 16.4. The van der Waals surface area contributed by atoms with Crippen molar-refractivity contribution >= 4 is 5.91 Å². The predicted octanol–water partition coefficient (Wildman–Crippen LogP) is 1.83. The Morgan fingerprint density at radius 2 is 2.30 bits per heavy atom. The van der Waals surface area contributed by atoms with Gasteiger partial charge in [0.2, 0.25) is 11.8 Å². The maximum Gasteiger partial charge on any atom is 0.219 e. The Balaban J connectivity index is 0.000000956. The Hall–Kier alpha value is -1.62. The number of methoxy groups -OCH3 is 1. The van der Waals surface area contributed by atoms with Crippen LogP contribution in [0.25, 0.3) is 0 Å². The molecule has 5 nitrogen and oxygen atoms in total. The molecule has 5 heteroatoms. The number of carbonyl (C=O) groups is 1. The summed E-state index contributed by atoms with van der Waals surface area (Å²) < 4.78 is 5.20. The first-order valence-electron chi connectivity index (χ1n) is 7.17. The summed E-state index contributed by atoms with van der Waals surface area (Å²) in [5.41, 5.74) is 1.04. The highest BCUT2D eigenvalue weighted by Gasteiger charge is 2.23. The highest BCUT2D eigenvalue weighted by atomic mass is 16.5. The van der Waals surface area contributed by atoms with E-state index in [1.807, 2.05) is 30.9 Å². The molecule has 1 amide bonds. The van der Waals surface area contributed by atoms with Crippen molar-refractivity contribution in [2.24, 2.45) is 0 Å². The molecule has 0 radical (unpaired) electrons. The van der Waals surface area contributed by atoms with Gasteiger partial charge in [-0.05, 0) is 12.5 Å². The van der Waals surface area contributed by atoms with Crippen molar-refractivity contribution in [2.45, 2.75) is 39.8 Å². The minimum atomic E-state index is 0.151. The van der Waals surface area contributed by atoms with Crippen LogP contribution in [-0.4, -0.2) is 42.0 Å². The van der Waals surface area contributed by atoms with Crippen LogP contribution in [-0.2, 0) is 11.3 Å². The Kier molecular flexibility index (Phi) is 7.01. The van der Waals surface area contributed by atoms with Crippen molar-refractivity contribution < 1.29 is 9.53 Å². The van der Waals surface area contributed by atoms with Crippen molar-refractivity contribution in [3.8, 4) is 5.88 Å². The van der Waals surface area contributed by atoms with Crippen molar-refractivity contribution in [2.75, 3.05) is 20.2 Å². The number of hydrogen-bond donors (Lipinski definition) is 1. The number of likely N-dealkylation sites (tertiary alicyclic amines) is 1. The summed E-state index contributed by atoms with van der Waals surface area (Å²) >= 11 is 0. The molecule has 1 aromatic rings. The Labute approximate surface area is 121 Å². The molecule has 0 aliphatic carbocycles. The maximum atomic E-state index is 11.2. The molecule has 0 spiro atoms. The quantitative estimate of drug-likeness (QED) is 0.913. The molecule has 2 heterocycles. The molecule has 1 saturated heterocycles. The predicted molar refractivity (Wildman–Crippen MR) is 79.6 cm³/mol. The van der Waals surface area contributed by atoms with Crippen LogP contribution < -0.4 is 10.1 Å². The second-order valence-corrected chi connectivity index (χ2v) is 4.50. The fourth-order valence-corrected chi connectivity index (χ4v) is 2.21. The fourth-order valence-electron chi connectivity index (χ4n) is 2.21. The van der Waals surface area contributed by atoms with Crippen LogP contribution in [0, 0.1) is 0 Å². The van der Waals surface area contributed by atoms with E-state index < -0.39 is 0 Å². The van der Waals surface area contributed by atoms with Crippen LogP contribution in [0.15, 0.2) is 18.3 Å². The molecule has 2 rings (SSSR count). The van der Waals surface area contributed by atoms with Crippen LogP contribution in [0.1, 0.15) is 32.8 Å². The van der Waals surface area contributed by atoms with Crippen molar-refractivity contribution in [3.63, 3.8) is 0 Å². The molecule has 1 aliphatic heterocycles. The largest absolute Gasteiger partial charge is 0.481 e. The van der Waals surface area contributed by atoms with Gasteiger partial charge in [0.1, 0.15) is 0 Å². The molecule has 112 valence electrons. The number of nitrogens with one attached hydrogen (secondary N) is 1. The van der Waals surface area contributed by atoms with Crippen LogP contribution >= 0.6 is 0 Å². The van der Waals surface area contributed by atoms with Crippen LogP contribution in [0.3, 0.4) is 0 Å². The molecule has 1 atom stereocenters. The second kappa shape index (κ2) is 8.53. The Bertz CT molecular complexity index is 423. The average molecular weight is 279 g/mol. The molecule has 0 bridgehead atoms. The van der Waals surface area contributed by atoms with Crippen molar-refractivity contribution in [1.82, 2.24) is 15.2 Å². The fraction of sp³-hybridized carbons (Fsp3) is 0.600. The number of nitrogens with zero attached hydrogens (tertiary/aromatic N) is 2. The number of aromatic nitrogens is 1. The number of carbonyl (C=O) groups excluding carboxylic acids is 1. The first-order chi connectivity index (χ1) is 9.70. The van der Waals surface area contributed by atoms with Gasteiger partial charge in [0.05, 0.1) is 7.11 Å². The highest BCUT2D eigenvalue weighted by molar-refractivity contribution is 5.73. The van der Waals surface area contributed by atoms with Gasteiger partial charge in [-0.25, -0.2) is 4.98 Å². The van der Waals surface area contributed by atoms with E-state index in [-0.39, 0.29) is 5.91 Å². The van der Waals surface area contributed by atoms with E-state index in [2.05, 4.69) is 10.3 Å². The van der Waals surface area contributed by atoms with Gasteiger partial charge >= 0.3 is 0 Å². The average Bonchev–Trinajstić information content (AvgIpc) is 2.96. The summed E-state index contributed by atoms with van der Waals surface area (Å²) in [6.07, 6.45) is 2.72. The van der Waals surface area contributed by atoms with Gasteiger partial charge < -0.3 is 15.0 Å². The third-order valence-electron chi connectivity index (χ3n) is 3.26. The zero-order chi connectivity index (χ0) is 15.0. The Morgan fingerprint density at radius 1 is 1.55 bits per heavy atom. The number of rotatable bonds is 4. The number of hydrogen-bond acceptors (Lipinski definition) is 4. The zero-order valence-electron chi connectivity index (χ0n) is 12.8. The summed E-state index contributed by atoms with van der Waals surface area (Å²) in [6, 6.07) is 4.26. The normalized spacial score (nSPS) is 17.4. The SMILES string of the molecule is CC.COc1ncccc1CNC1CCN(C(C)=O)C1. The lowest BCUT2D eigenvalue weighted by Crippen LogP contribution is -2.33. The van der Waals surface area contributed by atoms with Crippen LogP contribution in [0.5, 0.6) is 5.88 Å². The Morgan fingerprint density at radius 3 is 2.90 bits per heavy atom. The molecule has 1 aromatic heterocycles. The highest BCUT2D eigenvalue weighted by Crippen LogP contribution is 2.15. The molecule has 0 saturated carbocycles. The van der Waals surface area contributed by atoms with E-state index in [9.17, 15) is 4.79 Å². The number of ether oxygens (including phenoxy) is 1. The van der Waals surface area contributed by atoms with E-state index >= 15 is 0 Å². The van der Waals surface area contributed by atoms with Crippen LogP contribution in [0.2, 0.25) is 0 Å². The van der Waals surface area contributed by atoms with E-state index in [0.29, 0.717) is 18.5 Å². The third kappa shape index (κ3) is 4.49. The van der Waals surface area contributed by atoms with E-state index in [4.69, 9.17) is 4.74 Å². The van der Waals surface area contributed by atoms with Crippen molar-refractivity contribution in [3.05, 3.63) is 23.9 Å². The monoisotopic (exact) mass is 279 g/mol. The molecule has 1 N–H and O–H groups in total. The lowest BCUT2D eigenvalue weighted by molar-refractivity contribution is -0.127. The molecule has 1 fully saturated rings. The molecule has 0 aromatic carbocycles. The second-order valence-electron chi connectivity index (χ2n) is 4.50. The summed E-state index contributed by atoms with van der Waals surface area (Å²) in [7, 11) is 1.62. The molecule has 1 aliphatic rings. The smallest absolute Gasteiger partial charge is 0.219 e. The minimum absolute atomic E-state index is 0.151. The minimum Gasteiger partial charge on any atom is -0.481 e. The van der Waals surface area contributed by atoms with Crippen LogP contribution in [0.4, 0.5) is 0 Å². The summed E-state index contributed by atoms with van der Waals surface area (Å²) in [6.45, 7) is 7.97. The standard InChI is InChI=1S/C13H19N3O2.C2H6/c1-10(17)16-7-5-12(9-16)15-8-11-4-3-6-14-13(11)18-2;1-2/h3-4,6,12,15H,5,7-9H2,1-2H3;1-2H3. The molecule has 1 unspecified atom stereocenters. The van der Waals surface area contributed by atoms with Gasteiger partial charge in [-0.3, -0.25) is 4.79 Å². The third-order valence-corrected chi connectivity index (χ3v) is 3.26. The lowest BCUT2D eigenvalue weighted by Gasteiger charge is -2.15. The van der Waals surface area contributed by atoms with Gasteiger partial charge in [0.25, 0.3) is 0 Å². The topological polar surface area (TPSA) is 54.5 Å². The first-order valence-corrected chi connectivity index (χ1v) is 7.17. The number of pyridine rings is 1. The molecular weight excluding hydrogens is 254 g/mol. The van der Waals surface area contributed by atoms with Gasteiger partial charge in [-0.1, -0.05) is 19.9 Å². The maximum absolute atomic E-state index is 11.2. The van der Waals surface area contributed by atoms with Gasteiger partial charge in [-0.2, -0.15) is 0 Å². The molecular formula is C15H25N3O2. The van der Waals surface area contributed by atoms with E-state index in [0.717, 1.165) is 25.1 Å². The lowest BCUT2D eigenvalue weighted by atomic mass is 10.2. The van der Waals surface area contributed by atoms with E-state index in [1.54, 1.807) is 20.2 Å².